The third-order valence-corrected chi connectivity index (χ3v) is 2.61. The van der Waals surface area contributed by atoms with E-state index >= 15 is 0 Å². The van der Waals surface area contributed by atoms with Crippen molar-refractivity contribution in [2.24, 2.45) is 5.92 Å². The zero-order valence-corrected chi connectivity index (χ0v) is 9.83. The normalized spacial score (nSPS) is 13.3. The van der Waals surface area contributed by atoms with Gasteiger partial charge in [0.2, 0.25) is 0 Å². The van der Waals surface area contributed by atoms with Gasteiger partial charge in [0.25, 0.3) is 0 Å². The highest BCUT2D eigenvalue weighted by Gasteiger charge is 2.07. The molecule has 0 aliphatic heterocycles. The number of allylic oxidation sites excluding steroid dienone is 2. The first-order chi connectivity index (χ1) is 7.15. The number of hydrogen-bond acceptors (Lipinski definition) is 1. The summed E-state index contributed by atoms with van der Waals surface area (Å²) >= 11 is 0. The number of phenols is 1. The van der Waals surface area contributed by atoms with Gasteiger partial charge in [-0.2, -0.15) is 0 Å². The summed E-state index contributed by atoms with van der Waals surface area (Å²) in [6, 6.07) is 5.70. The Labute approximate surface area is 92.5 Å². The van der Waals surface area contributed by atoms with E-state index in [1.807, 2.05) is 19.1 Å². The standard InChI is InChI=1S/C14H20O/c1-4-5-7-11(2)10-13-12(3)8-6-9-14(13)15/h5-9,11,15H,4,10H2,1-3H3/b7-5-. The summed E-state index contributed by atoms with van der Waals surface area (Å²) in [5.41, 5.74) is 2.25. The molecule has 0 heterocycles. The van der Waals surface area contributed by atoms with E-state index in [4.69, 9.17) is 0 Å². The smallest absolute Gasteiger partial charge is 0.119 e. The summed E-state index contributed by atoms with van der Waals surface area (Å²) in [5.74, 6) is 0.906. The first kappa shape index (κ1) is 11.8. The lowest BCUT2D eigenvalue weighted by molar-refractivity contribution is 0.464. The highest BCUT2D eigenvalue weighted by molar-refractivity contribution is 5.38. The van der Waals surface area contributed by atoms with Gasteiger partial charge in [-0.05, 0) is 42.9 Å². The van der Waals surface area contributed by atoms with E-state index in [2.05, 4.69) is 26.0 Å². The fourth-order valence-electron chi connectivity index (χ4n) is 1.71. The van der Waals surface area contributed by atoms with Crippen LogP contribution < -0.4 is 0 Å². The second-order valence-electron chi connectivity index (χ2n) is 4.09. The highest BCUT2D eigenvalue weighted by atomic mass is 16.3. The SMILES string of the molecule is CC/C=C\C(C)Cc1c(C)cccc1O. The number of benzene rings is 1. The van der Waals surface area contributed by atoms with Gasteiger partial charge in [-0.15, -0.1) is 0 Å². The minimum Gasteiger partial charge on any atom is -0.508 e. The van der Waals surface area contributed by atoms with Gasteiger partial charge in [0.15, 0.2) is 0 Å². The summed E-state index contributed by atoms with van der Waals surface area (Å²) in [6.45, 7) is 6.36. The Balaban J connectivity index is 2.76. The van der Waals surface area contributed by atoms with Crippen molar-refractivity contribution in [2.75, 3.05) is 0 Å². The van der Waals surface area contributed by atoms with Gasteiger partial charge < -0.3 is 5.11 Å². The molecule has 0 saturated heterocycles. The Morgan fingerprint density at radius 3 is 2.73 bits per heavy atom. The van der Waals surface area contributed by atoms with Crippen molar-refractivity contribution in [3.63, 3.8) is 0 Å². The van der Waals surface area contributed by atoms with Crippen LogP contribution in [0.25, 0.3) is 0 Å². The molecule has 1 N–H and O–H groups in total. The van der Waals surface area contributed by atoms with E-state index in [0.29, 0.717) is 11.7 Å². The summed E-state index contributed by atoms with van der Waals surface area (Å²) in [6.07, 6.45) is 6.38. The second kappa shape index (κ2) is 5.59. The van der Waals surface area contributed by atoms with Gasteiger partial charge in [0.1, 0.15) is 5.75 Å². The first-order valence-corrected chi connectivity index (χ1v) is 5.59. The number of hydrogen-bond donors (Lipinski definition) is 1. The Morgan fingerprint density at radius 1 is 1.40 bits per heavy atom. The molecular weight excluding hydrogens is 184 g/mol. The lowest BCUT2D eigenvalue weighted by Crippen LogP contribution is -1.98. The molecule has 0 spiro atoms. The molecule has 1 nitrogen and oxygen atoms in total. The van der Waals surface area contributed by atoms with Crippen LogP contribution in [0.3, 0.4) is 0 Å². The van der Waals surface area contributed by atoms with Gasteiger partial charge in [0, 0.05) is 0 Å². The molecule has 0 bridgehead atoms. The summed E-state index contributed by atoms with van der Waals surface area (Å²) in [5, 5.41) is 9.74. The summed E-state index contributed by atoms with van der Waals surface area (Å²) in [4.78, 5) is 0. The van der Waals surface area contributed by atoms with Gasteiger partial charge in [-0.1, -0.05) is 38.1 Å². The van der Waals surface area contributed by atoms with E-state index in [-0.39, 0.29) is 0 Å². The second-order valence-corrected chi connectivity index (χ2v) is 4.09. The zero-order chi connectivity index (χ0) is 11.3. The molecule has 1 atom stereocenters. The lowest BCUT2D eigenvalue weighted by Gasteiger charge is -2.11. The molecule has 0 amide bonds. The van der Waals surface area contributed by atoms with Crippen molar-refractivity contribution in [3.8, 4) is 5.75 Å². The Hall–Kier alpha value is -1.24. The number of rotatable bonds is 4. The third kappa shape index (κ3) is 3.43. The lowest BCUT2D eigenvalue weighted by atomic mass is 9.96. The monoisotopic (exact) mass is 204 g/mol. The predicted molar refractivity (Wildman–Crippen MR) is 65.1 cm³/mol. The van der Waals surface area contributed by atoms with Crippen LogP contribution in [0, 0.1) is 12.8 Å². The zero-order valence-electron chi connectivity index (χ0n) is 9.83. The molecule has 1 heteroatoms. The highest BCUT2D eigenvalue weighted by Crippen LogP contribution is 2.23. The van der Waals surface area contributed by atoms with E-state index in [0.717, 1.165) is 18.4 Å². The maximum atomic E-state index is 9.74. The Bertz CT molecular complexity index is 319. The van der Waals surface area contributed by atoms with Crippen LogP contribution in [-0.4, -0.2) is 5.11 Å². The van der Waals surface area contributed by atoms with Crippen molar-refractivity contribution in [1.29, 1.82) is 0 Å². The maximum absolute atomic E-state index is 9.74. The Morgan fingerprint density at radius 2 is 2.13 bits per heavy atom. The summed E-state index contributed by atoms with van der Waals surface area (Å²) in [7, 11) is 0. The quantitative estimate of drug-likeness (QED) is 0.739. The third-order valence-electron chi connectivity index (χ3n) is 2.61. The Kier molecular flexibility index (Phi) is 4.41. The molecule has 1 unspecified atom stereocenters. The maximum Gasteiger partial charge on any atom is 0.119 e. The van der Waals surface area contributed by atoms with Gasteiger partial charge >= 0.3 is 0 Å². The first-order valence-electron chi connectivity index (χ1n) is 5.59. The molecule has 0 aliphatic rings. The molecule has 0 radical (unpaired) electrons. The molecule has 0 saturated carbocycles. The molecular formula is C14H20O. The largest absolute Gasteiger partial charge is 0.508 e. The van der Waals surface area contributed by atoms with Crippen molar-refractivity contribution in [3.05, 3.63) is 41.5 Å². The van der Waals surface area contributed by atoms with E-state index in [1.165, 1.54) is 5.56 Å². The van der Waals surface area contributed by atoms with Gasteiger partial charge in [-0.3, -0.25) is 0 Å². The minimum atomic E-state index is 0.423. The van der Waals surface area contributed by atoms with Crippen LogP contribution in [0.15, 0.2) is 30.4 Å². The topological polar surface area (TPSA) is 20.2 Å². The number of aromatic hydroxyl groups is 1. The minimum absolute atomic E-state index is 0.423. The molecule has 0 aliphatic carbocycles. The average molecular weight is 204 g/mol. The van der Waals surface area contributed by atoms with Crippen molar-refractivity contribution in [2.45, 2.75) is 33.6 Å². The van der Waals surface area contributed by atoms with Crippen molar-refractivity contribution < 1.29 is 5.11 Å². The van der Waals surface area contributed by atoms with Crippen LogP contribution in [0.5, 0.6) is 5.75 Å². The molecule has 82 valence electrons. The molecule has 0 fully saturated rings. The van der Waals surface area contributed by atoms with E-state index in [9.17, 15) is 5.11 Å². The van der Waals surface area contributed by atoms with Crippen LogP contribution in [0.2, 0.25) is 0 Å². The number of phenolic OH excluding ortho intramolecular Hbond substituents is 1. The molecule has 1 aromatic rings. The summed E-state index contributed by atoms with van der Waals surface area (Å²) < 4.78 is 0. The molecule has 0 aromatic heterocycles. The fraction of sp³-hybridized carbons (Fsp3) is 0.429. The molecule has 15 heavy (non-hydrogen) atoms. The van der Waals surface area contributed by atoms with Crippen LogP contribution in [0.4, 0.5) is 0 Å². The molecule has 1 aromatic carbocycles. The van der Waals surface area contributed by atoms with Crippen molar-refractivity contribution >= 4 is 0 Å². The average Bonchev–Trinajstić information content (AvgIpc) is 2.21. The van der Waals surface area contributed by atoms with E-state index in [1.54, 1.807) is 6.07 Å². The molecule has 1 rings (SSSR count). The predicted octanol–water partition coefficient (Wildman–Crippen LogP) is 3.85. The fourth-order valence-corrected chi connectivity index (χ4v) is 1.71. The van der Waals surface area contributed by atoms with Crippen molar-refractivity contribution in [1.82, 2.24) is 0 Å². The van der Waals surface area contributed by atoms with Crippen LogP contribution in [-0.2, 0) is 6.42 Å². The van der Waals surface area contributed by atoms with E-state index < -0.39 is 0 Å². The van der Waals surface area contributed by atoms with Gasteiger partial charge in [-0.25, -0.2) is 0 Å². The number of aryl methyl sites for hydroxylation is 1. The van der Waals surface area contributed by atoms with Crippen LogP contribution in [0.1, 0.15) is 31.4 Å². The van der Waals surface area contributed by atoms with Gasteiger partial charge in [0.05, 0.1) is 0 Å². The van der Waals surface area contributed by atoms with Crippen LogP contribution >= 0.6 is 0 Å².